The molecule has 2 aromatic rings. The molecule has 27 heavy (non-hydrogen) atoms. The Hall–Kier alpha value is -1.96. The zero-order valence-corrected chi connectivity index (χ0v) is 16.7. The maximum atomic E-state index is 10.9. The van der Waals surface area contributed by atoms with Gasteiger partial charge < -0.3 is 5.11 Å². The highest BCUT2D eigenvalue weighted by molar-refractivity contribution is 5.85. The maximum Gasteiger partial charge on any atom is 0.317 e. The Kier molecular flexibility index (Phi) is 7.77. The molecule has 0 spiro atoms. The second-order valence-corrected chi connectivity index (χ2v) is 7.03. The number of carbonyl (C=O) groups is 1. The van der Waals surface area contributed by atoms with Crippen LogP contribution >= 0.6 is 12.4 Å². The van der Waals surface area contributed by atoms with E-state index in [4.69, 9.17) is 5.11 Å². The van der Waals surface area contributed by atoms with E-state index in [0.717, 1.165) is 43.7 Å². The highest BCUT2D eigenvalue weighted by Crippen LogP contribution is 2.24. The third-order valence-electron chi connectivity index (χ3n) is 5.25. The normalized spacial score (nSPS) is 19.3. The SMILES string of the molecule is CC(c1cn(-c2ccccc2)nn1)N1CCCC(N(C)CC(=O)O)CC1.Cl. The van der Waals surface area contributed by atoms with Crippen molar-refractivity contribution in [2.75, 3.05) is 26.7 Å². The zero-order chi connectivity index (χ0) is 18.5. The molecule has 3 rings (SSSR count). The number of hydrogen-bond acceptors (Lipinski definition) is 5. The summed E-state index contributed by atoms with van der Waals surface area (Å²) < 4.78 is 1.81. The third kappa shape index (κ3) is 5.51. The Morgan fingerprint density at radius 3 is 2.74 bits per heavy atom. The summed E-state index contributed by atoms with van der Waals surface area (Å²) in [5.41, 5.74) is 1.97. The Labute approximate surface area is 166 Å². The van der Waals surface area contributed by atoms with E-state index in [1.807, 2.05) is 53.2 Å². The number of nitrogens with zero attached hydrogens (tertiary/aromatic N) is 5. The van der Waals surface area contributed by atoms with E-state index in [2.05, 4.69) is 22.1 Å². The van der Waals surface area contributed by atoms with Crippen molar-refractivity contribution in [3.63, 3.8) is 0 Å². The van der Waals surface area contributed by atoms with Crippen molar-refractivity contribution in [3.8, 4) is 5.69 Å². The lowest BCUT2D eigenvalue weighted by atomic mass is 10.1. The van der Waals surface area contributed by atoms with Gasteiger partial charge in [-0.3, -0.25) is 14.6 Å². The first-order valence-electron chi connectivity index (χ1n) is 9.18. The second kappa shape index (κ2) is 9.82. The predicted octanol–water partition coefficient (Wildman–Crippen LogP) is 2.62. The first-order valence-corrected chi connectivity index (χ1v) is 9.18. The molecule has 1 saturated heterocycles. The van der Waals surface area contributed by atoms with Gasteiger partial charge in [0.05, 0.1) is 30.2 Å². The van der Waals surface area contributed by atoms with Crippen molar-refractivity contribution in [1.82, 2.24) is 24.8 Å². The van der Waals surface area contributed by atoms with E-state index in [0.29, 0.717) is 6.04 Å². The molecular formula is C19H28ClN5O2. The number of hydrogen-bond donors (Lipinski definition) is 1. The number of likely N-dealkylation sites (N-methyl/N-ethyl adjacent to an activating group) is 1. The largest absolute Gasteiger partial charge is 0.480 e. The Bertz CT molecular complexity index is 724. The molecule has 8 heteroatoms. The van der Waals surface area contributed by atoms with Crippen molar-refractivity contribution < 1.29 is 9.90 Å². The van der Waals surface area contributed by atoms with Crippen molar-refractivity contribution in [2.45, 2.75) is 38.3 Å². The van der Waals surface area contributed by atoms with Crippen molar-refractivity contribution in [2.24, 2.45) is 0 Å². The molecule has 2 atom stereocenters. The van der Waals surface area contributed by atoms with Crippen molar-refractivity contribution in [1.29, 1.82) is 0 Å². The molecule has 1 N–H and O–H groups in total. The van der Waals surface area contributed by atoms with Gasteiger partial charge in [0.25, 0.3) is 0 Å². The van der Waals surface area contributed by atoms with Crippen LogP contribution < -0.4 is 0 Å². The molecule has 1 fully saturated rings. The van der Waals surface area contributed by atoms with E-state index in [9.17, 15) is 4.79 Å². The molecule has 2 unspecified atom stereocenters. The summed E-state index contributed by atoms with van der Waals surface area (Å²) >= 11 is 0. The quantitative estimate of drug-likeness (QED) is 0.813. The van der Waals surface area contributed by atoms with E-state index < -0.39 is 5.97 Å². The minimum Gasteiger partial charge on any atom is -0.480 e. The summed E-state index contributed by atoms with van der Waals surface area (Å²) in [6.45, 7) is 4.21. The number of aromatic nitrogens is 3. The van der Waals surface area contributed by atoms with Crippen LogP contribution in [0.25, 0.3) is 5.69 Å². The van der Waals surface area contributed by atoms with Crippen LogP contribution in [0, 0.1) is 0 Å². The summed E-state index contributed by atoms with van der Waals surface area (Å²) in [4.78, 5) is 15.3. The van der Waals surface area contributed by atoms with Crippen LogP contribution in [0.5, 0.6) is 0 Å². The van der Waals surface area contributed by atoms with Gasteiger partial charge in [0, 0.05) is 12.6 Å². The fraction of sp³-hybridized carbons (Fsp3) is 0.526. The molecule has 1 aromatic carbocycles. The zero-order valence-electron chi connectivity index (χ0n) is 15.9. The number of aliphatic carboxylic acids is 1. The number of halogens is 1. The average Bonchev–Trinajstić information content (AvgIpc) is 2.99. The van der Waals surface area contributed by atoms with Crippen molar-refractivity contribution in [3.05, 3.63) is 42.2 Å². The summed E-state index contributed by atoms with van der Waals surface area (Å²) in [5, 5.41) is 17.6. The van der Waals surface area contributed by atoms with Gasteiger partial charge in [0.15, 0.2) is 0 Å². The molecule has 1 aromatic heterocycles. The molecule has 0 aliphatic carbocycles. The Morgan fingerprint density at radius 2 is 2.04 bits per heavy atom. The molecule has 1 aliphatic heterocycles. The number of benzene rings is 1. The van der Waals surface area contributed by atoms with Gasteiger partial charge in [-0.1, -0.05) is 23.4 Å². The van der Waals surface area contributed by atoms with Crippen LogP contribution in [-0.2, 0) is 4.79 Å². The molecule has 1 aliphatic rings. The lowest BCUT2D eigenvalue weighted by Crippen LogP contribution is -2.36. The number of likely N-dealkylation sites (tertiary alicyclic amines) is 1. The summed E-state index contributed by atoms with van der Waals surface area (Å²) in [5.74, 6) is -0.764. The number of carboxylic acids is 1. The standard InChI is InChI=1S/C19H27N5O2.ClH/c1-15(18-13-24(21-20-18)17-7-4-3-5-8-17)23-11-6-9-16(10-12-23)22(2)14-19(25)26;/h3-5,7-8,13,15-16H,6,9-12,14H2,1-2H3,(H,25,26);1H. The van der Waals surface area contributed by atoms with E-state index >= 15 is 0 Å². The monoisotopic (exact) mass is 393 g/mol. The minimum absolute atomic E-state index is 0. The lowest BCUT2D eigenvalue weighted by molar-refractivity contribution is -0.138. The maximum absolute atomic E-state index is 10.9. The van der Waals surface area contributed by atoms with E-state index in [-0.39, 0.29) is 25.0 Å². The van der Waals surface area contributed by atoms with Crippen LogP contribution in [0.2, 0.25) is 0 Å². The first kappa shape index (κ1) is 21.3. The minimum atomic E-state index is -0.764. The molecule has 148 valence electrons. The highest BCUT2D eigenvalue weighted by Gasteiger charge is 2.25. The smallest absolute Gasteiger partial charge is 0.317 e. The molecule has 0 bridgehead atoms. The van der Waals surface area contributed by atoms with Gasteiger partial charge in [-0.15, -0.1) is 17.5 Å². The molecule has 7 nitrogen and oxygen atoms in total. The van der Waals surface area contributed by atoms with E-state index in [1.54, 1.807) is 0 Å². The Balaban J connectivity index is 0.00000261. The van der Waals surface area contributed by atoms with Crippen LogP contribution in [0.1, 0.15) is 37.9 Å². The number of carboxylic acid groups (broad SMARTS) is 1. The predicted molar refractivity (Wildman–Crippen MR) is 106 cm³/mol. The molecule has 0 radical (unpaired) electrons. The second-order valence-electron chi connectivity index (χ2n) is 7.03. The fourth-order valence-electron chi connectivity index (χ4n) is 3.63. The number of rotatable bonds is 6. The third-order valence-corrected chi connectivity index (χ3v) is 5.25. The molecular weight excluding hydrogens is 366 g/mol. The van der Waals surface area contributed by atoms with Gasteiger partial charge in [-0.2, -0.15) is 0 Å². The summed E-state index contributed by atoms with van der Waals surface area (Å²) in [6.07, 6.45) is 5.06. The van der Waals surface area contributed by atoms with Crippen LogP contribution in [0.3, 0.4) is 0 Å². The first-order chi connectivity index (χ1) is 12.5. The van der Waals surface area contributed by atoms with Gasteiger partial charge in [0.2, 0.25) is 0 Å². The fourth-order valence-corrected chi connectivity index (χ4v) is 3.63. The highest BCUT2D eigenvalue weighted by atomic mass is 35.5. The van der Waals surface area contributed by atoms with Gasteiger partial charge in [0.1, 0.15) is 0 Å². The average molecular weight is 394 g/mol. The van der Waals surface area contributed by atoms with Crippen LogP contribution in [0.15, 0.2) is 36.5 Å². The lowest BCUT2D eigenvalue weighted by Gasteiger charge is -2.27. The summed E-state index contributed by atoms with van der Waals surface area (Å²) in [6, 6.07) is 10.5. The Morgan fingerprint density at radius 1 is 1.30 bits per heavy atom. The van der Waals surface area contributed by atoms with Crippen LogP contribution in [0.4, 0.5) is 0 Å². The van der Waals surface area contributed by atoms with Gasteiger partial charge >= 0.3 is 5.97 Å². The van der Waals surface area contributed by atoms with Crippen LogP contribution in [-0.4, -0.2) is 68.6 Å². The topological polar surface area (TPSA) is 74.5 Å². The molecule has 2 heterocycles. The van der Waals surface area contributed by atoms with Gasteiger partial charge in [-0.25, -0.2) is 4.68 Å². The summed E-state index contributed by atoms with van der Waals surface area (Å²) in [7, 11) is 1.91. The molecule has 0 saturated carbocycles. The molecule has 0 amide bonds. The number of para-hydroxylation sites is 1. The van der Waals surface area contributed by atoms with E-state index in [1.165, 1.54) is 0 Å². The van der Waals surface area contributed by atoms with Gasteiger partial charge in [-0.05, 0) is 51.9 Å². The van der Waals surface area contributed by atoms with Crippen molar-refractivity contribution >= 4 is 18.4 Å².